The number of hydrogen-bond donors (Lipinski definition) is 2. The first-order valence-electron chi connectivity index (χ1n) is 3.24. The lowest BCUT2D eigenvalue weighted by Crippen LogP contribution is -2.10. The number of primary amides is 1. The molecule has 0 rings (SSSR count). The molecule has 0 aliphatic rings. The van der Waals surface area contributed by atoms with Gasteiger partial charge in [0.2, 0.25) is 5.91 Å². The maximum Gasteiger partial charge on any atom is 0.372 e. The molecule has 0 aromatic carbocycles. The van der Waals surface area contributed by atoms with E-state index in [0.717, 1.165) is 0 Å². The standard InChI is InChI=1S/C4H7NO.C4H6O3/c1-3(2)4(5)6;1-3(5)4(6)7-2/h1H2,2H3,(H2,5,6);5H,1H2,2H3. The van der Waals surface area contributed by atoms with Crippen molar-refractivity contribution in [2.45, 2.75) is 6.92 Å². The Labute approximate surface area is 76.5 Å². The molecule has 0 aromatic heterocycles. The summed E-state index contributed by atoms with van der Waals surface area (Å²) in [7, 11) is 1.17. The molecule has 0 saturated carbocycles. The van der Waals surface area contributed by atoms with E-state index in [1.165, 1.54) is 7.11 Å². The van der Waals surface area contributed by atoms with Gasteiger partial charge in [-0.3, -0.25) is 4.79 Å². The first kappa shape index (κ1) is 13.8. The maximum absolute atomic E-state index is 9.94. The Morgan fingerprint density at radius 1 is 1.38 bits per heavy atom. The van der Waals surface area contributed by atoms with Crippen LogP contribution in [0.5, 0.6) is 0 Å². The van der Waals surface area contributed by atoms with Crippen molar-refractivity contribution in [2.24, 2.45) is 5.73 Å². The van der Waals surface area contributed by atoms with Crippen LogP contribution >= 0.6 is 0 Å². The molecule has 3 N–H and O–H groups in total. The molecule has 0 unspecified atom stereocenters. The second-order valence-electron chi connectivity index (χ2n) is 2.08. The summed E-state index contributed by atoms with van der Waals surface area (Å²) in [5.41, 5.74) is 5.09. The van der Waals surface area contributed by atoms with Gasteiger partial charge in [-0.25, -0.2) is 4.79 Å². The van der Waals surface area contributed by atoms with Crippen LogP contribution in [0.25, 0.3) is 0 Å². The molecule has 0 aromatic rings. The summed E-state index contributed by atoms with van der Waals surface area (Å²) in [4.78, 5) is 19.8. The Bertz CT molecular complexity index is 220. The molecule has 0 spiro atoms. The number of aliphatic hydroxyl groups excluding tert-OH is 1. The molecular weight excluding hydrogens is 174 g/mol. The number of amides is 1. The highest BCUT2D eigenvalue weighted by Gasteiger charge is 1.99. The van der Waals surface area contributed by atoms with Crippen LogP contribution in [0.2, 0.25) is 0 Å². The van der Waals surface area contributed by atoms with E-state index in [1.807, 2.05) is 0 Å². The van der Waals surface area contributed by atoms with Crippen molar-refractivity contribution in [3.8, 4) is 0 Å². The molecule has 0 aliphatic heterocycles. The van der Waals surface area contributed by atoms with Gasteiger partial charge in [-0.05, 0) is 13.5 Å². The van der Waals surface area contributed by atoms with Crippen LogP contribution in [0.4, 0.5) is 0 Å². The minimum absolute atomic E-state index is 0.398. The van der Waals surface area contributed by atoms with E-state index < -0.39 is 17.6 Å². The normalized spacial score (nSPS) is 7.54. The van der Waals surface area contributed by atoms with Gasteiger partial charge in [-0.2, -0.15) is 0 Å². The summed E-state index contributed by atoms with van der Waals surface area (Å²) < 4.78 is 4.02. The van der Waals surface area contributed by atoms with E-state index in [0.29, 0.717) is 5.57 Å². The molecule has 0 aliphatic carbocycles. The fourth-order valence-electron chi connectivity index (χ4n) is 0.118. The average Bonchev–Trinajstić information content (AvgIpc) is 2.03. The van der Waals surface area contributed by atoms with E-state index in [1.54, 1.807) is 6.92 Å². The second kappa shape index (κ2) is 6.90. The molecule has 0 saturated heterocycles. The predicted molar refractivity (Wildman–Crippen MR) is 47.8 cm³/mol. The highest BCUT2D eigenvalue weighted by Crippen LogP contribution is 1.82. The number of carbonyl (C=O) groups excluding carboxylic acids is 2. The van der Waals surface area contributed by atoms with Gasteiger partial charge in [0.25, 0.3) is 0 Å². The van der Waals surface area contributed by atoms with Crippen LogP contribution in [0, 0.1) is 0 Å². The highest BCUT2D eigenvalue weighted by molar-refractivity contribution is 5.90. The zero-order valence-corrected chi connectivity index (χ0v) is 7.66. The van der Waals surface area contributed by atoms with Gasteiger partial charge in [0.1, 0.15) is 0 Å². The first-order chi connectivity index (χ1) is 5.82. The number of aliphatic hydroxyl groups is 1. The zero-order chi connectivity index (χ0) is 11.0. The number of carbonyl (C=O) groups is 2. The molecule has 0 heterocycles. The fourth-order valence-corrected chi connectivity index (χ4v) is 0.118. The number of nitrogens with two attached hydrogens (primary N) is 1. The van der Waals surface area contributed by atoms with E-state index >= 15 is 0 Å². The van der Waals surface area contributed by atoms with Crippen LogP contribution in [0.1, 0.15) is 6.92 Å². The van der Waals surface area contributed by atoms with Crippen LogP contribution in [0.15, 0.2) is 24.5 Å². The lowest BCUT2D eigenvalue weighted by atomic mass is 10.3. The third kappa shape index (κ3) is 10.2. The van der Waals surface area contributed by atoms with Gasteiger partial charge < -0.3 is 15.6 Å². The molecule has 13 heavy (non-hydrogen) atoms. The Hall–Kier alpha value is -1.78. The number of hydrogen-bond acceptors (Lipinski definition) is 4. The molecule has 0 bridgehead atoms. The van der Waals surface area contributed by atoms with E-state index in [9.17, 15) is 9.59 Å². The summed E-state index contributed by atoms with van der Waals surface area (Å²) >= 11 is 0. The topological polar surface area (TPSA) is 89.6 Å². The molecule has 0 radical (unpaired) electrons. The van der Waals surface area contributed by atoms with Crippen LogP contribution in [-0.4, -0.2) is 24.1 Å². The number of ether oxygens (including phenoxy) is 1. The van der Waals surface area contributed by atoms with Gasteiger partial charge in [0.15, 0.2) is 5.76 Å². The fraction of sp³-hybridized carbons (Fsp3) is 0.250. The van der Waals surface area contributed by atoms with Gasteiger partial charge in [0, 0.05) is 5.57 Å². The minimum atomic E-state index is -0.792. The third-order valence-electron chi connectivity index (χ3n) is 0.842. The monoisotopic (exact) mass is 187 g/mol. The molecule has 74 valence electrons. The molecule has 0 fully saturated rings. The average molecular weight is 187 g/mol. The van der Waals surface area contributed by atoms with Crippen molar-refractivity contribution in [2.75, 3.05) is 7.11 Å². The lowest BCUT2D eigenvalue weighted by Gasteiger charge is -1.90. The maximum atomic E-state index is 9.94. The van der Waals surface area contributed by atoms with E-state index in [2.05, 4.69) is 17.9 Å². The predicted octanol–water partition coefficient (Wildman–Crippen LogP) is 0.279. The minimum Gasteiger partial charge on any atom is -0.502 e. The smallest absolute Gasteiger partial charge is 0.372 e. The Kier molecular flexibility index (Phi) is 7.32. The quantitative estimate of drug-likeness (QED) is 0.369. The summed E-state index contributed by atoms with van der Waals surface area (Å²) in [6.07, 6.45) is 0. The summed E-state index contributed by atoms with van der Waals surface area (Å²) in [5.74, 6) is -1.79. The van der Waals surface area contributed by atoms with E-state index in [-0.39, 0.29) is 0 Å². The Balaban J connectivity index is 0. The van der Waals surface area contributed by atoms with Crippen LogP contribution < -0.4 is 5.73 Å². The van der Waals surface area contributed by atoms with Gasteiger partial charge in [-0.1, -0.05) is 6.58 Å². The number of rotatable bonds is 2. The summed E-state index contributed by atoms with van der Waals surface area (Å²) in [6, 6.07) is 0. The van der Waals surface area contributed by atoms with Gasteiger partial charge in [-0.15, -0.1) is 0 Å². The van der Waals surface area contributed by atoms with Crippen molar-refractivity contribution in [1.82, 2.24) is 0 Å². The number of methoxy groups -OCH3 is 1. The van der Waals surface area contributed by atoms with Crippen molar-refractivity contribution >= 4 is 11.9 Å². The summed E-state index contributed by atoms with van der Waals surface area (Å²) in [5, 5.41) is 8.15. The van der Waals surface area contributed by atoms with Crippen molar-refractivity contribution in [3.63, 3.8) is 0 Å². The lowest BCUT2D eigenvalue weighted by molar-refractivity contribution is -0.139. The van der Waals surface area contributed by atoms with Crippen LogP contribution in [0.3, 0.4) is 0 Å². The van der Waals surface area contributed by atoms with Crippen LogP contribution in [-0.2, 0) is 14.3 Å². The Morgan fingerprint density at radius 3 is 1.69 bits per heavy atom. The zero-order valence-electron chi connectivity index (χ0n) is 7.66. The first-order valence-corrected chi connectivity index (χ1v) is 3.24. The van der Waals surface area contributed by atoms with E-state index in [4.69, 9.17) is 10.8 Å². The highest BCUT2D eigenvalue weighted by atomic mass is 16.5. The van der Waals surface area contributed by atoms with Crippen molar-refractivity contribution < 1.29 is 19.4 Å². The molecule has 5 nitrogen and oxygen atoms in total. The molecule has 1 amide bonds. The SMILES string of the molecule is C=C(C)C(N)=O.C=C(O)C(=O)OC. The second-order valence-corrected chi connectivity index (χ2v) is 2.08. The molecular formula is C8H13NO4. The van der Waals surface area contributed by atoms with Crippen molar-refractivity contribution in [1.29, 1.82) is 0 Å². The summed E-state index contributed by atoms with van der Waals surface area (Å²) in [6.45, 7) is 7.76. The van der Waals surface area contributed by atoms with Gasteiger partial charge in [0.05, 0.1) is 7.11 Å². The molecule has 5 heteroatoms. The molecule has 0 atom stereocenters. The number of esters is 1. The third-order valence-corrected chi connectivity index (χ3v) is 0.842. The largest absolute Gasteiger partial charge is 0.502 e. The van der Waals surface area contributed by atoms with Crippen molar-refractivity contribution in [3.05, 3.63) is 24.5 Å². The Morgan fingerprint density at radius 2 is 1.69 bits per heavy atom. The van der Waals surface area contributed by atoms with Gasteiger partial charge >= 0.3 is 5.97 Å².